The van der Waals surface area contributed by atoms with Crippen molar-refractivity contribution in [3.05, 3.63) is 57.3 Å². The molecule has 1 heterocycles. The number of thiophene rings is 1. The van der Waals surface area contributed by atoms with Crippen LogP contribution in [0.25, 0.3) is 0 Å². The fourth-order valence-electron chi connectivity index (χ4n) is 2.06. The van der Waals surface area contributed by atoms with Crippen LogP contribution in [0.3, 0.4) is 0 Å². The molecule has 0 radical (unpaired) electrons. The Morgan fingerprint density at radius 3 is 2.67 bits per heavy atom. The van der Waals surface area contributed by atoms with Gasteiger partial charge in [0.15, 0.2) is 0 Å². The van der Waals surface area contributed by atoms with Crippen LogP contribution in [-0.4, -0.2) is 5.91 Å². The van der Waals surface area contributed by atoms with Crippen LogP contribution < -0.4 is 5.32 Å². The lowest BCUT2D eigenvalue weighted by atomic mass is 10.0. The molecule has 2 rings (SSSR count). The maximum Gasteiger partial charge on any atom is 0.261 e. The highest BCUT2D eigenvalue weighted by molar-refractivity contribution is 7.12. The molecule has 0 bridgehead atoms. The molecular formula is C15H17NOS. The van der Waals surface area contributed by atoms with E-state index in [1.165, 1.54) is 28.0 Å². The second-order valence-electron chi connectivity index (χ2n) is 4.53. The molecule has 1 atom stereocenters. The molecule has 1 N–H and O–H groups in total. The van der Waals surface area contributed by atoms with Gasteiger partial charge < -0.3 is 5.32 Å². The van der Waals surface area contributed by atoms with Gasteiger partial charge in [0.05, 0.1) is 10.9 Å². The molecule has 2 aromatic rings. The fraction of sp³-hybridized carbons (Fsp3) is 0.267. The van der Waals surface area contributed by atoms with Crippen LogP contribution in [0.2, 0.25) is 0 Å². The van der Waals surface area contributed by atoms with Gasteiger partial charge in [-0.25, -0.2) is 0 Å². The van der Waals surface area contributed by atoms with Crippen LogP contribution in [0.15, 0.2) is 35.7 Å². The third-order valence-corrected chi connectivity index (χ3v) is 3.85. The number of nitrogens with one attached hydrogen (secondary N) is 1. The monoisotopic (exact) mass is 259 g/mol. The third kappa shape index (κ3) is 2.79. The normalized spacial score (nSPS) is 12.2. The molecule has 18 heavy (non-hydrogen) atoms. The van der Waals surface area contributed by atoms with Crippen LogP contribution in [0, 0.1) is 13.8 Å². The molecule has 2 nitrogen and oxygen atoms in total. The number of carbonyl (C=O) groups is 1. The van der Waals surface area contributed by atoms with Crippen molar-refractivity contribution in [2.45, 2.75) is 26.8 Å². The maximum atomic E-state index is 12.0. The summed E-state index contributed by atoms with van der Waals surface area (Å²) >= 11 is 1.46. The van der Waals surface area contributed by atoms with Gasteiger partial charge in [-0.1, -0.05) is 29.8 Å². The summed E-state index contributed by atoms with van der Waals surface area (Å²) in [6, 6.07) is 10.1. The number of aryl methyl sites for hydroxylation is 2. The first kappa shape index (κ1) is 12.8. The van der Waals surface area contributed by atoms with Gasteiger partial charge in [0.25, 0.3) is 5.91 Å². The van der Waals surface area contributed by atoms with Crippen molar-refractivity contribution in [3.63, 3.8) is 0 Å². The van der Waals surface area contributed by atoms with E-state index in [2.05, 4.69) is 37.4 Å². The lowest BCUT2D eigenvalue weighted by Gasteiger charge is -2.16. The molecule has 3 heteroatoms. The average molecular weight is 259 g/mol. The standard InChI is InChI=1S/C15H17NOS/c1-10-6-7-13(11(2)9-10)12(3)16-15(17)14-5-4-8-18-14/h4-9,12H,1-3H3,(H,16,17)/t12-/m1/s1. The smallest absolute Gasteiger partial charge is 0.261 e. The average Bonchev–Trinajstić information content (AvgIpc) is 2.81. The quantitative estimate of drug-likeness (QED) is 0.891. The number of benzene rings is 1. The van der Waals surface area contributed by atoms with Gasteiger partial charge in [0.1, 0.15) is 0 Å². The van der Waals surface area contributed by atoms with Crippen molar-refractivity contribution in [2.75, 3.05) is 0 Å². The Bertz CT molecular complexity index is 546. The zero-order valence-electron chi connectivity index (χ0n) is 10.9. The Hall–Kier alpha value is -1.61. The summed E-state index contributed by atoms with van der Waals surface area (Å²) in [6.45, 7) is 6.17. The van der Waals surface area contributed by atoms with E-state index in [1.54, 1.807) is 0 Å². The number of hydrogen-bond acceptors (Lipinski definition) is 2. The van der Waals surface area contributed by atoms with Crippen LogP contribution in [0.4, 0.5) is 0 Å². The van der Waals surface area contributed by atoms with Crippen LogP contribution in [0.1, 0.15) is 39.3 Å². The lowest BCUT2D eigenvalue weighted by Crippen LogP contribution is -2.26. The zero-order valence-corrected chi connectivity index (χ0v) is 11.7. The summed E-state index contributed by atoms with van der Waals surface area (Å²) in [7, 11) is 0. The Labute approximate surface area is 112 Å². The first-order valence-electron chi connectivity index (χ1n) is 5.99. The van der Waals surface area contributed by atoms with E-state index in [0.717, 1.165) is 4.88 Å². The molecule has 1 aromatic heterocycles. The molecule has 0 unspecified atom stereocenters. The zero-order chi connectivity index (χ0) is 13.1. The minimum atomic E-state index is -0.00234. The molecule has 1 aromatic carbocycles. The Balaban J connectivity index is 2.12. The van der Waals surface area contributed by atoms with E-state index in [1.807, 2.05) is 24.4 Å². The maximum absolute atomic E-state index is 12.0. The number of rotatable bonds is 3. The van der Waals surface area contributed by atoms with Crippen molar-refractivity contribution in [1.29, 1.82) is 0 Å². The van der Waals surface area contributed by atoms with Crippen molar-refractivity contribution < 1.29 is 4.79 Å². The number of carbonyl (C=O) groups excluding carboxylic acids is 1. The predicted octanol–water partition coefficient (Wildman–Crippen LogP) is 3.86. The van der Waals surface area contributed by atoms with E-state index in [0.29, 0.717) is 0 Å². The molecule has 0 aliphatic rings. The summed E-state index contributed by atoms with van der Waals surface area (Å²) in [4.78, 5) is 12.7. The van der Waals surface area contributed by atoms with Gasteiger partial charge in [-0.2, -0.15) is 0 Å². The molecule has 0 saturated carbocycles. The minimum absolute atomic E-state index is 0.00234. The molecule has 0 fully saturated rings. The summed E-state index contributed by atoms with van der Waals surface area (Å²) < 4.78 is 0. The molecule has 0 aliphatic heterocycles. The van der Waals surface area contributed by atoms with E-state index in [4.69, 9.17) is 0 Å². The molecule has 0 aliphatic carbocycles. The van der Waals surface area contributed by atoms with Crippen molar-refractivity contribution in [1.82, 2.24) is 5.32 Å². The molecule has 0 saturated heterocycles. The highest BCUT2D eigenvalue weighted by atomic mass is 32.1. The van der Waals surface area contributed by atoms with Crippen LogP contribution in [0.5, 0.6) is 0 Å². The van der Waals surface area contributed by atoms with Gasteiger partial charge in [-0.05, 0) is 43.3 Å². The highest BCUT2D eigenvalue weighted by Gasteiger charge is 2.13. The van der Waals surface area contributed by atoms with Crippen molar-refractivity contribution >= 4 is 17.2 Å². The van der Waals surface area contributed by atoms with Gasteiger partial charge >= 0.3 is 0 Å². The van der Waals surface area contributed by atoms with Crippen LogP contribution >= 0.6 is 11.3 Å². The predicted molar refractivity (Wildman–Crippen MR) is 76.1 cm³/mol. The molecule has 94 valence electrons. The Kier molecular flexibility index (Phi) is 3.82. The Morgan fingerprint density at radius 2 is 2.06 bits per heavy atom. The van der Waals surface area contributed by atoms with E-state index in [9.17, 15) is 4.79 Å². The summed E-state index contributed by atoms with van der Waals surface area (Å²) in [5.41, 5.74) is 3.63. The lowest BCUT2D eigenvalue weighted by molar-refractivity contribution is 0.0944. The van der Waals surface area contributed by atoms with Crippen molar-refractivity contribution in [2.24, 2.45) is 0 Å². The first-order chi connectivity index (χ1) is 8.58. The van der Waals surface area contributed by atoms with Gasteiger partial charge in [0, 0.05) is 0 Å². The second-order valence-corrected chi connectivity index (χ2v) is 5.48. The summed E-state index contributed by atoms with van der Waals surface area (Å²) in [5.74, 6) is -0.00234. The van der Waals surface area contributed by atoms with Gasteiger partial charge in [-0.15, -0.1) is 11.3 Å². The summed E-state index contributed by atoms with van der Waals surface area (Å²) in [5, 5.41) is 4.94. The minimum Gasteiger partial charge on any atom is -0.345 e. The van der Waals surface area contributed by atoms with Gasteiger partial charge in [-0.3, -0.25) is 4.79 Å². The van der Waals surface area contributed by atoms with Crippen LogP contribution in [-0.2, 0) is 0 Å². The van der Waals surface area contributed by atoms with E-state index < -0.39 is 0 Å². The first-order valence-corrected chi connectivity index (χ1v) is 6.87. The second kappa shape index (κ2) is 5.36. The van der Waals surface area contributed by atoms with E-state index >= 15 is 0 Å². The summed E-state index contributed by atoms with van der Waals surface area (Å²) in [6.07, 6.45) is 0. The highest BCUT2D eigenvalue weighted by Crippen LogP contribution is 2.19. The third-order valence-electron chi connectivity index (χ3n) is 2.98. The number of amides is 1. The van der Waals surface area contributed by atoms with E-state index in [-0.39, 0.29) is 11.9 Å². The Morgan fingerprint density at radius 1 is 1.28 bits per heavy atom. The molecule has 1 amide bonds. The largest absolute Gasteiger partial charge is 0.345 e. The number of hydrogen-bond donors (Lipinski definition) is 1. The molecule has 0 spiro atoms. The fourth-order valence-corrected chi connectivity index (χ4v) is 2.69. The topological polar surface area (TPSA) is 29.1 Å². The van der Waals surface area contributed by atoms with Crippen molar-refractivity contribution in [3.8, 4) is 0 Å². The van der Waals surface area contributed by atoms with Gasteiger partial charge in [0.2, 0.25) is 0 Å². The molecular weight excluding hydrogens is 242 g/mol. The SMILES string of the molecule is Cc1ccc([C@@H](C)NC(=O)c2cccs2)c(C)c1.